The minimum atomic E-state index is -0.571. The smallest absolute Gasteiger partial charge is 0.344 e. The van der Waals surface area contributed by atoms with Crippen molar-refractivity contribution in [2.45, 2.75) is 20.4 Å². The van der Waals surface area contributed by atoms with Crippen LogP contribution in [0.5, 0.6) is 0 Å². The summed E-state index contributed by atoms with van der Waals surface area (Å²) >= 11 is 0. The van der Waals surface area contributed by atoms with Crippen LogP contribution in [-0.2, 0) is 11.3 Å². The summed E-state index contributed by atoms with van der Waals surface area (Å²) in [7, 11) is 0. The molecular formula is C16H17NO3. The average molecular weight is 271 g/mol. The maximum Gasteiger partial charge on any atom is 0.344 e. The van der Waals surface area contributed by atoms with Crippen molar-refractivity contribution in [2.24, 2.45) is 0 Å². The summed E-state index contributed by atoms with van der Waals surface area (Å²) in [6.07, 6.45) is 1.64. The van der Waals surface area contributed by atoms with E-state index in [9.17, 15) is 9.59 Å². The molecule has 0 saturated carbocycles. The van der Waals surface area contributed by atoms with E-state index in [-0.39, 0.29) is 17.7 Å². The molecule has 4 heteroatoms. The van der Waals surface area contributed by atoms with Gasteiger partial charge in [-0.25, -0.2) is 4.79 Å². The first kappa shape index (κ1) is 14.1. The summed E-state index contributed by atoms with van der Waals surface area (Å²) < 4.78 is 6.54. The van der Waals surface area contributed by atoms with Gasteiger partial charge >= 0.3 is 5.97 Å². The number of nitrogens with zero attached hydrogens (tertiary/aromatic N) is 1. The lowest BCUT2D eigenvalue weighted by Crippen LogP contribution is -2.29. The Morgan fingerprint density at radius 1 is 1.40 bits per heavy atom. The van der Waals surface area contributed by atoms with Gasteiger partial charge in [-0.15, -0.1) is 6.58 Å². The van der Waals surface area contributed by atoms with Crippen LogP contribution in [0, 0.1) is 6.92 Å². The number of aryl methyl sites for hydroxylation is 1. The molecule has 0 atom stereocenters. The summed E-state index contributed by atoms with van der Waals surface area (Å²) in [6, 6.07) is 7.51. The van der Waals surface area contributed by atoms with Crippen LogP contribution in [-0.4, -0.2) is 17.1 Å². The number of hydrogen-bond donors (Lipinski definition) is 0. The number of esters is 1. The summed E-state index contributed by atoms with van der Waals surface area (Å²) in [5.74, 6) is -0.571. The third kappa shape index (κ3) is 2.25. The van der Waals surface area contributed by atoms with Crippen LogP contribution in [0.4, 0.5) is 0 Å². The van der Waals surface area contributed by atoms with Gasteiger partial charge in [0.2, 0.25) is 0 Å². The molecule has 0 aliphatic carbocycles. The van der Waals surface area contributed by atoms with Crippen LogP contribution in [0.25, 0.3) is 10.9 Å². The first-order chi connectivity index (χ1) is 9.61. The van der Waals surface area contributed by atoms with Gasteiger partial charge in [0.05, 0.1) is 12.1 Å². The Bertz CT molecular complexity index is 728. The van der Waals surface area contributed by atoms with Crippen molar-refractivity contribution >= 4 is 16.9 Å². The van der Waals surface area contributed by atoms with Gasteiger partial charge in [0.25, 0.3) is 5.56 Å². The SMILES string of the molecule is C=CCn1c(=O)c(C(=O)OCC)c(C)c2ccccc21. The number of rotatable bonds is 4. The van der Waals surface area contributed by atoms with Gasteiger partial charge in [0, 0.05) is 11.9 Å². The molecule has 1 aromatic carbocycles. The van der Waals surface area contributed by atoms with Crippen molar-refractivity contribution < 1.29 is 9.53 Å². The predicted molar refractivity (Wildman–Crippen MR) is 79.1 cm³/mol. The molecule has 0 aliphatic rings. The van der Waals surface area contributed by atoms with Crippen LogP contribution < -0.4 is 5.56 Å². The van der Waals surface area contributed by atoms with Crippen molar-refractivity contribution in [1.29, 1.82) is 0 Å². The standard InChI is InChI=1S/C16H17NO3/c1-4-10-17-13-9-7-6-8-12(13)11(3)14(15(17)18)16(19)20-5-2/h4,6-9H,1,5,10H2,2-3H3. The Balaban J connectivity index is 2.85. The second-order valence-corrected chi connectivity index (χ2v) is 4.44. The topological polar surface area (TPSA) is 48.3 Å². The number of pyridine rings is 1. The molecule has 2 aromatic rings. The number of carbonyl (C=O) groups is 1. The highest BCUT2D eigenvalue weighted by Crippen LogP contribution is 2.19. The summed E-state index contributed by atoms with van der Waals surface area (Å²) in [5.41, 5.74) is 1.22. The van der Waals surface area contributed by atoms with Crippen molar-refractivity contribution in [3.8, 4) is 0 Å². The molecule has 0 unspecified atom stereocenters. The van der Waals surface area contributed by atoms with E-state index < -0.39 is 5.97 Å². The normalized spacial score (nSPS) is 10.5. The Hall–Kier alpha value is -2.36. The van der Waals surface area contributed by atoms with Gasteiger partial charge in [-0.3, -0.25) is 4.79 Å². The van der Waals surface area contributed by atoms with E-state index in [1.54, 1.807) is 24.5 Å². The molecule has 0 radical (unpaired) electrons. The molecular weight excluding hydrogens is 254 g/mol. The van der Waals surface area contributed by atoms with Crippen molar-refractivity contribution in [3.05, 3.63) is 58.4 Å². The molecule has 0 amide bonds. The highest BCUT2D eigenvalue weighted by atomic mass is 16.5. The first-order valence-corrected chi connectivity index (χ1v) is 6.52. The Kier molecular flexibility index (Phi) is 4.03. The minimum absolute atomic E-state index is 0.104. The molecule has 1 aromatic heterocycles. The maximum atomic E-state index is 12.5. The van der Waals surface area contributed by atoms with E-state index in [0.29, 0.717) is 12.1 Å². The number of ether oxygens (including phenoxy) is 1. The molecule has 0 N–H and O–H groups in total. The number of allylic oxidation sites excluding steroid dienone is 1. The van der Waals surface area contributed by atoms with Gasteiger partial charge in [-0.1, -0.05) is 24.3 Å². The van der Waals surface area contributed by atoms with Crippen LogP contribution in [0.1, 0.15) is 22.8 Å². The fourth-order valence-electron chi connectivity index (χ4n) is 2.32. The summed E-state index contributed by atoms with van der Waals surface area (Å²) in [6.45, 7) is 7.75. The number of hydrogen-bond acceptors (Lipinski definition) is 3. The number of fused-ring (bicyclic) bond motifs is 1. The second-order valence-electron chi connectivity index (χ2n) is 4.44. The number of para-hydroxylation sites is 1. The molecule has 2 rings (SSSR count). The highest BCUT2D eigenvalue weighted by molar-refractivity contribution is 5.97. The lowest BCUT2D eigenvalue weighted by molar-refractivity contribution is 0.0523. The number of aromatic nitrogens is 1. The van der Waals surface area contributed by atoms with Gasteiger partial charge < -0.3 is 9.30 Å². The molecule has 0 aliphatic heterocycles. The van der Waals surface area contributed by atoms with Gasteiger partial charge in [-0.2, -0.15) is 0 Å². The Morgan fingerprint density at radius 3 is 2.75 bits per heavy atom. The number of carbonyl (C=O) groups excluding carboxylic acids is 1. The molecule has 104 valence electrons. The second kappa shape index (κ2) is 5.74. The summed E-state index contributed by atoms with van der Waals surface area (Å²) in [4.78, 5) is 24.5. The maximum absolute atomic E-state index is 12.5. The monoisotopic (exact) mass is 271 g/mol. The molecule has 0 saturated heterocycles. The average Bonchev–Trinajstić information content (AvgIpc) is 2.44. The van der Waals surface area contributed by atoms with Crippen molar-refractivity contribution in [2.75, 3.05) is 6.61 Å². The molecule has 4 nitrogen and oxygen atoms in total. The third-order valence-electron chi connectivity index (χ3n) is 3.22. The Labute approximate surface area is 117 Å². The zero-order chi connectivity index (χ0) is 14.7. The number of benzene rings is 1. The molecule has 0 bridgehead atoms. The van der Waals surface area contributed by atoms with Gasteiger partial charge in [-0.05, 0) is 25.5 Å². The fourth-order valence-corrected chi connectivity index (χ4v) is 2.32. The van der Waals surface area contributed by atoms with E-state index in [0.717, 1.165) is 10.9 Å². The highest BCUT2D eigenvalue weighted by Gasteiger charge is 2.20. The van der Waals surface area contributed by atoms with E-state index in [2.05, 4.69) is 6.58 Å². The van der Waals surface area contributed by atoms with Gasteiger partial charge in [0.1, 0.15) is 5.56 Å². The van der Waals surface area contributed by atoms with E-state index in [1.807, 2.05) is 24.3 Å². The molecule has 0 fully saturated rings. The van der Waals surface area contributed by atoms with Crippen molar-refractivity contribution in [1.82, 2.24) is 4.57 Å². The molecule has 20 heavy (non-hydrogen) atoms. The van der Waals surface area contributed by atoms with Gasteiger partial charge in [0.15, 0.2) is 0 Å². The fraction of sp³-hybridized carbons (Fsp3) is 0.250. The first-order valence-electron chi connectivity index (χ1n) is 6.52. The quantitative estimate of drug-likeness (QED) is 0.634. The lowest BCUT2D eigenvalue weighted by Gasteiger charge is -2.14. The summed E-state index contributed by atoms with van der Waals surface area (Å²) in [5, 5.41) is 0.872. The van der Waals surface area contributed by atoms with E-state index in [1.165, 1.54) is 0 Å². The van der Waals surface area contributed by atoms with E-state index >= 15 is 0 Å². The zero-order valence-corrected chi connectivity index (χ0v) is 11.7. The zero-order valence-electron chi connectivity index (χ0n) is 11.7. The van der Waals surface area contributed by atoms with Crippen LogP contribution in [0.2, 0.25) is 0 Å². The van der Waals surface area contributed by atoms with Crippen LogP contribution in [0.15, 0.2) is 41.7 Å². The predicted octanol–water partition coefficient (Wildman–Crippen LogP) is 2.67. The van der Waals surface area contributed by atoms with E-state index in [4.69, 9.17) is 4.74 Å². The van der Waals surface area contributed by atoms with Crippen molar-refractivity contribution in [3.63, 3.8) is 0 Å². The van der Waals surface area contributed by atoms with Crippen LogP contribution >= 0.6 is 0 Å². The lowest BCUT2D eigenvalue weighted by atomic mass is 10.0. The largest absolute Gasteiger partial charge is 0.462 e. The third-order valence-corrected chi connectivity index (χ3v) is 3.22. The Morgan fingerprint density at radius 2 is 2.10 bits per heavy atom. The van der Waals surface area contributed by atoms with Crippen LogP contribution in [0.3, 0.4) is 0 Å². The molecule has 1 heterocycles. The molecule has 0 spiro atoms. The minimum Gasteiger partial charge on any atom is -0.462 e.